The topological polar surface area (TPSA) is 27.8 Å². The Balaban J connectivity index is 1.34. The zero-order chi connectivity index (χ0) is 16.9. The van der Waals surface area contributed by atoms with Crippen LogP contribution in [0.1, 0.15) is 36.3 Å². The Morgan fingerprint density at radius 3 is 2.68 bits per heavy atom. The summed E-state index contributed by atoms with van der Waals surface area (Å²) in [6.07, 6.45) is 11.7. The Labute approximate surface area is 150 Å². The fourth-order valence-electron chi connectivity index (χ4n) is 4.01. The molecular weight excluding hydrogens is 304 g/mol. The average molecular weight is 330 g/mol. The van der Waals surface area contributed by atoms with Crippen LogP contribution in [0.25, 0.3) is 10.9 Å². The van der Waals surface area contributed by atoms with Crippen LogP contribution in [-0.2, 0) is 6.42 Å². The van der Waals surface area contributed by atoms with Crippen molar-refractivity contribution in [2.45, 2.75) is 37.6 Å². The monoisotopic (exact) mass is 330 g/mol. The van der Waals surface area contributed by atoms with Crippen molar-refractivity contribution in [1.29, 1.82) is 0 Å². The summed E-state index contributed by atoms with van der Waals surface area (Å²) >= 11 is 0. The molecule has 0 bridgehead atoms. The van der Waals surface area contributed by atoms with Gasteiger partial charge in [-0.25, -0.2) is 0 Å². The fourth-order valence-corrected chi connectivity index (χ4v) is 4.01. The lowest BCUT2D eigenvalue weighted by molar-refractivity contribution is 0.432. The molecule has 2 unspecified atom stereocenters. The van der Waals surface area contributed by atoms with Crippen molar-refractivity contribution in [3.05, 3.63) is 84.1 Å². The summed E-state index contributed by atoms with van der Waals surface area (Å²) in [5.41, 5.74) is 4.13. The summed E-state index contributed by atoms with van der Waals surface area (Å²) in [7, 11) is 0. The third kappa shape index (κ3) is 3.69. The van der Waals surface area contributed by atoms with Crippen molar-refractivity contribution < 1.29 is 0 Å². The molecule has 0 aliphatic carbocycles. The number of rotatable bonds is 6. The highest BCUT2D eigenvalue weighted by atomic mass is 14.9. The fraction of sp³-hybridized carbons (Fsp3) is 0.304. The van der Waals surface area contributed by atoms with Gasteiger partial charge in [-0.3, -0.25) is 0 Å². The van der Waals surface area contributed by atoms with E-state index in [-0.39, 0.29) is 0 Å². The summed E-state index contributed by atoms with van der Waals surface area (Å²) in [6, 6.07) is 20.0. The number of aromatic nitrogens is 1. The van der Waals surface area contributed by atoms with Crippen molar-refractivity contribution in [2.24, 2.45) is 0 Å². The Hall–Kier alpha value is -2.32. The molecule has 4 rings (SSSR count). The van der Waals surface area contributed by atoms with Gasteiger partial charge in [0.2, 0.25) is 0 Å². The van der Waals surface area contributed by atoms with Crippen LogP contribution in [0.15, 0.2) is 72.9 Å². The molecule has 2 heterocycles. The minimum absolute atomic E-state index is 0.503. The van der Waals surface area contributed by atoms with Crippen LogP contribution >= 0.6 is 0 Å². The second kappa shape index (κ2) is 7.71. The largest absolute Gasteiger partial charge is 0.361 e. The number of fused-ring (bicyclic) bond motifs is 1. The molecule has 0 saturated heterocycles. The Morgan fingerprint density at radius 2 is 1.76 bits per heavy atom. The Bertz CT molecular complexity index is 831. The van der Waals surface area contributed by atoms with Crippen LogP contribution in [0, 0.1) is 0 Å². The van der Waals surface area contributed by atoms with Gasteiger partial charge in [0.05, 0.1) is 0 Å². The van der Waals surface area contributed by atoms with Crippen molar-refractivity contribution in [3.8, 4) is 0 Å². The van der Waals surface area contributed by atoms with Gasteiger partial charge in [0.15, 0.2) is 0 Å². The first-order chi connectivity index (χ1) is 12.4. The first-order valence-corrected chi connectivity index (χ1v) is 9.42. The molecule has 25 heavy (non-hydrogen) atoms. The molecular formula is C23H26N2. The summed E-state index contributed by atoms with van der Waals surface area (Å²) in [5.74, 6) is 0.503. The number of para-hydroxylation sites is 1. The lowest BCUT2D eigenvalue weighted by atomic mass is 9.86. The van der Waals surface area contributed by atoms with E-state index in [1.807, 2.05) is 0 Å². The third-order valence-corrected chi connectivity index (χ3v) is 5.35. The van der Waals surface area contributed by atoms with E-state index in [1.165, 1.54) is 41.3 Å². The van der Waals surface area contributed by atoms with E-state index in [2.05, 4.69) is 83.2 Å². The van der Waals surface area contributed by atoms with Crippen LogP contribution in [0.5, 0.6) is 0 Å². The van der Waals surface area contributed by atoms with Crippen molar-refractivity contribution in [3.63, 3.8) is 0 Å². The van der Waals surface area contributed by atoms with Crippen LogP contribution in [0.2, 0.25) is 0 Å². The van der Waals surface area contributed by atoms with Crippen LogP contribution in [-0.4, -0.2) is 17.6 Å². The van der Waals surface area contributed by atoms with Crippen LogP contribution < -0.4 is 5.32 Å². The molecule has 2 atom stereocenters. The highest BCUT2D eigenvalue weighted by Crippen LogP contribution is 2.27. The van der Waals surface area contributed by atoms with Crippen molar-refractivity contribution in [1.82, 2.24) is 10.3 Å². The highest BCUT2D eigenvalue weighted by molar-refractivity contribution is 5.82. The predicted molar refractivity (Wildman–Crippen MR) is 106 cm³/mol. The van der Waals surface area contributed by atoms with E-state index in [1.54, 1.807) is 0 Å². The molecule has 2 aromatic carbocycles. The quantitative estimate of drug-likeness (QED) is 0.472. The number of unbranched alkanes of at least 4 members (excludes halogenated alkanes) is 1. The number of benzene rings is 2. The zero-order valence-corrected chi connectivity index (χ0v) is 14.6. The summed E-state index contributed by atoms with van der Waals surface area (Å²) in [6.45, 7) is 0.996. The first-order valence-electron chi connectivity index (χ1n) is 9.42. The van der Waals surface area contributed by atoms with Gasteiger partial charge >= 0.3 is 0 Å². The maximum Gasteiger partial charge on any atom is 0.0456 e. The second-order valence-electron chi connectivity index (χ2n) is 6.98. The molecule has 1 aliphatic heterocycles. The second-order valence-corrected chi connectivity index (χ2v) is 6.98. The predicted octanol–water partition coefficient (Wildman–Crippen LogP) is 5.19. The Kier molecular flexibility index (Phi) is 4.98. The molecule has 1 aromatic heterocycles. The smallest absolute Gasteiger partial charge is 0.0456 e. The Morgan fingerprint density at radius 1 is 0.920 bits per heavy atom. The van der Waals surface area contributed by atoms with Gasteiger partial charge in [-0.2, -0.15) is 0 Å². The van der Waals surface area contributed by atoms with Gasteiger partial charge in [0, 0.05) is 35.6 Å². The van der Waals surface area contributed by atoms with Gasteiger partial charge in [0.1, 0.15) is 0 Å². The third-order valence-electron chi connectivity index (χ3n) is 5.35. The van der Waals surface area contributed by atoms with E-state index in [0.717, 1.165) is 13.0 Å². The molecule has 0 radical (unpaired) electrons. The van der Waals surface area contributed by atoms with E-state index in [0.29, 0.717) is 12.0 Å². The number of aromatic amines is 1. The first kappa shape index (κ1) is 16.2. The molecule has 128 valence electrons. The summed E-state index contributed by atoms with van der Waals surface area (Å²) in [5, 5.41) is 5.08. The molecule has 2 nitrogen and oxygen atoms in total. The number of hydrogen-bond acceptors (Lipinski definition) is 1. The lowest BCUT2D eigenvalue weighted by Crippen LogP contribution is -2.37. The minimum atomic E-state index is 0.503. The molecule has 1 aliphatic rings. The van der Waals surface area contributed by atoms with Gasteiger partial charge in [-0.05, 0) is 36.5 Å². The maximum absolute atomic E-state index is 3.70. The average Bonchev–Trinajstić information content (AvgIpc) is 3.09. The van der Waals surface area contributed by atoms with Gasteiger partial charge in [-0.15, -0.1) is 0 Å². The van der Waals surface area contributed by atoms with Crippen molar-refractivity contribution in [2.75, 3.05) is 6.54 Å². The molecule has 0 spiro atoms. The zero-order valence-electron chi connectivity index (χ0n) is 14.6. The van der Waals surface area contributed by atoms with Crippen LogP contribution in [0.4, 0.5) is 0 Å². The number of H-pyrrole nitrogens is 1. The molecule has 0 amide bonds. The van der Waals surface area contributed by atoms with Gasteiger partial charge in [0.25, 0.3) is 0 Å². The molecule has 0 saturated carbocycles. The molecule has 3 aromatic rings. The molecule has 2 N–H and O–H groups in total. The summed E-state index contributed by atoms with van der Waals surface area (Å²) < 4.78 is 0. The van der Waals surface area contributed by atoms with E-state index >= 15 is 0 Å². The standard InChI is InChI=1S/C23H26N2/c1-2-9-18(10-3-1)20-13-8-16-24-22(20)14-6-4-11-19-17-25-23-15-7-5-12-21(19)23/h1-3,5,7-10,12-13,15,17,20,22,24-25H,4,6,11,14,16H2. The van der Waals surface area contributed by atoms with Gasteiger partial charge < -0.3 is 10.3 Å². The number of nitrogens with one attached hydrogen (secondary N) is 2. The molecule has 2 heteroatoms. The SMILES string of the molecule is C1=CC(c2ccccc2)C(CCCCc2c[nH]c3ccccc23)NC1. The van der Waals surface area contributed by atoms with E-state index < -0.39 is 0 Å². The van der Waals surface area contributed by atoms with Crippen LogP contribution in [0.3, 0.4) is 0 Å². The highest BCUT2D eigenvalue weighted by Gasteiger charge is 2.22. The molecule has 0 fully saturated rings. The van der Waals surface area contributed by atoms with E-state index in [4.69, 9.17) is 0 Å². The minimum Gasteiger partial charge on any atom is -0.361 e. The normalized spacial score (nSPS) is 20.2. The van der Waals surface area contributed by atoms with Crippen molar-refractivity contribution >= 4 is 10.9 Å². The number of hydrogen-bond donors (Lipinski definition) is 2. The lowest BCUT2D eigenvalue weighted by Gasteiger charge is -2.29. The summed E-state index contributed by atoms with van der Waals surface area (Å²) in [4.78, 5) is 3.39. The number of aryl methyl sites for hydroxylation is 1. The maximum atomic E-state index is 3.70. The van der Waals surface area contributed by atoms with E-state index in [9.17, 15) is 0 Å². The van der Waals surface area contributed by atoms with Gasteiger partial charge in [-0.1, -0.05) is 67.1 Å².